The van der Waals surface area contributed by atoms with Gasteiger partial charge in [-0.2, -0.15) is 0 Å². The molecule has 4 heterocycles. The van der Waals surface area contributed by atoms with E-state index in [2.05, 4.69) is 16.0 Å². The second kappa shape index (κ2) is 8.37. The highest BCUT2D eigenvalue weighted by Gasteiger charge is 2.27. The molecule has 0 radical (unpaired) electrons. The summed E-state index contributed by atoms with van der Waals surface area (Å²) < 4.78 is 10.9. The smallest absolute Gasteiger partial charge is 0.349 e. The van der Waals surface area contributed by atoms with Gasteiger partial charge in [-0.1, -0.05) is 0 Å². The number of aromatic nitrogens is 1. The lowest BCUT2D eigenvalue weighted by Crippen LogP contribution is -2.38. The monoisotopic (exact) mass is 397 g/mol. The molecule has 2 aliphatic rings. The fraction of sp³-hybridized carbons (Fsp3) is 0.500. The van der Waals surface area contributed by atoms with E-state index >= 15 is 0 Å². The molecule has 7 heteroatoms. The van der Waals surface area contributed by atoms with Gasteiger partial charge in [0.2, 0.25) is 0 Å². The van der Waals surface area contributed by atoms with Crippen molar-refractivity contribution in [3.63, 3.8) is 0 Å². The van der Waals surface area contributed by atoms with E-state index in [1.54, 1.807) is 4.90 Å². The van der Waals surface area contributed by atoms with Crippen LogP contribution in [0.5, 0.6) is 0 Å². The number of hydrogen-bond donors (Lipinski definition) is 0. The number of carbonyl (C=O) groups excluding carboxylic acids is 1. The lowest BCUT2D eigenvalue weighted by atomic mass is 10.0. The Labute approximate surface area is 170 Å². The molecule has 1 amide bonds. The van der Waals surface area contributed by atoms with Gasteiger partial charge in [-0.25, -0.2) is 4.79 Å². The molecule has 1 atom stereocenters. The van der Waals surface area contributed by atoms with Crippen LogP contribution >= 0.6 is 0 Å². The topological polar surface area (TPSA) is 75.9 Å². The second-order valence-electron chi connectivity index (χ2n) is 7.84. The molecule has 7 nitrogen and oxygen atoms in total. The summed E-state index contributed by atoms with van der Waals surface area (Å²) in [5.74, 6) is 0.482. The molecule has 0 saturated carbocycles. The molecule has 2 fully saturated rings. The maximum Gasteiger partial charge on any atom is 0.349 e. The average Bonchev–Trinajstić information content (AvgIpc) is 3.12. The predicted molar refractivity (Wildman–Crippen MR) is 110 cm³/mol. The van der Waals surface area contributed by atoms with Crippen molar-refractivity contribution in [3.8, 4) is 0 Å². The summed E-state index contributed by atoms with van der Waals surface area (Å²) in [5.41, 5.74) is 2.38. The van der Waals surface area contributed by atoms with Gasteiger partial charge >= 0.3 is 5.63 Å². The number of anilines is 1. The summed E-state index contributed by atoms with van der Waals surface area (Å²) in [6, 6.07) is 5.88. The number of rotatable bonds is 3. The van der Waals surface area contributed by atoms with E-state index in [4.69, 9.17) is 9.15 Å². The molecule has 2 aliphatic heterocycles. The number of aryl methyl sites for hydroxylation is 2. The summed E-state index contributed by atoms with van der Waals surface area (Å²) in [6.45, 7) is 7.79. The zero-order valence-electron chi connectivity index (χ0n) is 17.0. The van der Waals surface area contributed by atoms with Crippen LogP contribution in [0.3, 0.4) is 0 Å². The summed E-state index contributed by atoms with van der Waals surface area (Å²) >= 11 is 0. The number of carbonyl (C=O) groups is 1. The quantitative estimate of drug-likeness (QED) is 0.792. The van der Waals surface area contributed by atoms with Crippen molar-refractivity contribution in [1.82, 2.24) is 9.88 Å². The normalized spacial score (nSPS) is 20.0. The molecular formula is C22H27N3O4. The highest BCUT2D eigenvalue weighted by Crippen LogP contribution is 2.26. The van der Waals surface area contributed by atoms with E-state index in [0.29, 0.717) is 37.6 Å². The van der Waals surface area contributed by atoms with Crippen LogP contribution in [-0.2, 0) is 4.74 Å². The summed E-state index contributed by atoms with van der Waals surface area (Å²) in [7, 11) is 0. The van der Waals surface area contributed by atoms with Crippen molar-refractivity contribution >= 4 is 11.6 Å². The summed E-state index contributed by atoms with van der Waals surface area (Å²) in [6.07, 6.45) is 3.49. The first kappa shape index (κ1) is 19.6. The third kappa shape index (κ3) is 4.19. The van der Waals surface area contributed by atoms with E-state index in [1.807, 2.05) is 32.2 Å². The minimum atomic E-state index is -0.539. The number of ether oxygens (including phenoxy) is 1. The molecule has 2 aromatic heterocycles. The van der Waals surface area contributed by atoms with Gasteiger partial charge in [0.05, 0.1) is 6.61 Å². The number of nitrogens with zero attached hydrogens (tertiary/aromatic N) is 3. The largest absolute Gasteiger partial charge is 0.427 e. The van der Waals surface area contributed by atoms with Gasteiger partial charge in [0, 0.05) is 56.3 Å². The average molecular weight is 397 g/mol. The molecule has 4 rings (SSSR count). The van der Waals surface area contributed by atoms with Crippen molar-refractivity contribution in [1.29, 1.82) is 0 Å². The minimum absolute atomic E-state index is 0.0983. The Kier molecular flexibility index (Phi) is 5.67. The Morgan fingerprint density at radius 1 is 1.17 bits per heavy atom. The molecule has 0 spiro atoms. The van der Waals surface area contributed by atoms with E-state index in [9.17, 15) is 9.59 Å². The third-order valence-electron chi connectivity index (χ3n) is 5.74. The summed E-state index contributed by atoms with van der Waals surface area (Å²) in [4.78, 5) is 34.1. The maximum absolute atomic E-state index is 13.1. The Hall–Kier alpha value is -2.67. The summed E-state index contributed by atoms with van der Waals surface area (Å²) in [5, 5.41) is 0. The second-order valence-corrected chi connectivity index (χ2v) is 7.84. The van der Waals surface area contributed by atoms with Gasteiger partial charge in [0.15, 0.2) is 0 Å². The zero-order chi connectivity index (χ0) is 20.4. The van der Waals surface area contributed by atoms with Crippen LogP contribution < -0.4 is 10.5 Å². The molecule has 154 valence electrons. The highest BCUT2D eigenvalue weighted by atomic mass is 16.5. The maximum atomic E-state index is 13.1. The highest BCUT2D eigenvalue weighted by molar-refractivity contribution is 5.95. The van der Waals surface area contributed by atoms with Crippen molar-refractivity contribution < 1.29 is 13.9 Å². The van der Waals surface area contributed by atoms with Crippen LogP contribution in [0.4, 0.5) is 5.69 Å². The number of pyridine rings is 1. The van der Waals surface area contributed by atoms with Crippen LogP contribution in [-0.4, -0.2) is 55.2 Å². The molecule has 1 unspecified atom stereocenters. The van der Waals surface area contributed by atoms with Crippen LogP contribution in [0.2, 0.25) is 0 Å². The Morgan fingerprint density at radius 3 is 2.76 bits per heavy atom. The SMILES string of the molecule is Cc1cc(N2CCCN(C(=O)c3c(C)cc(C4CCOC4)oc3=O)CC2)ccn1. The number of amides is 1. The van der Waals surface area contributed by atoms with Gasteiger partial charge in [-0.15, -0.1) is 0 Å². The van der Waals surface area contributed by atoms with Crippen LogP contribution in [0.25, 0.3) is 0 Å². The van der Waals surface area contributed by atoms with Crippen molar-refractivity contribution in [2.45, 2.75) is 32.6 Å². The number of hydrogen-bond acceptors (Lipinski definition) is 6. The fourth-order valence-corrected chi connectivity index (χ4v) is 4.11. The van der Waals surface area contributed by atoms with Crippen LogP contribution in [0.15, 0.2) is 33.6 Å². The molecule has 0 bridgehead atoms. The first-order chi connectivity index (χ1) is 14.0. The fourth-order valence-electron chi connectivity index (χ4n) is 4.11. The molecule has 29 heavy (non-hydrogen) atoms. The van der Waals surface area contributed by atoms with Gasteiger partial charge in [0.1, 0.15) is 11.3 Å². The molecule has 0 aromatic carbocycles. The molecule has 0 N–H and O–H groups in total. The van der Waals surface area contributed by atoms with Crippen LogP contribution in [0.1, 0.15) is 46.1 Å². The first-order valence-electron chi connectivity index (χ1n) is 10.2. The minimum Gasteiger partial charge on any atom is -0.427 e. The van der Waals surface area contributed by atoms with E-state index in [-0.39, 0.29) is 17.4 Å². The Bertz CT molecular complexity index is 949. The molecule has 2 aromatic rings. The zero-order valence-corrected chi connectivity index (χ0v) is 17.0. The first-order valence-corrected chi connectivity index (χ1v) is 10.2. The van der Waals surface area contributed by atoms with Crippen molar-refractivity contribution in [3.05, 3.63) is 57.4 Å². The van der Waals surface area contributed by atoms with Gasteiger partial charge in [0.25, 0.3) is 5.91 Å². The predicted octanol–water partition coefficient (Wildman–Crippen LogP) is 2.51. The molecule has 0 aliphatic carbocycles. The standard InChI is InChI=1S/C22H27N3O4/c1-15-12-19(17-5-11-28-14-17)29-22(27)20(15)21(26)25-8-3-7-24(9-10-25)18-4-6-23-16(2)13-18/h4,6,12-13,17H,3,5,7-11,14H2,1-2H3. The third-order valence-corrected chi connectivity index (χ3v) is 5.74. The van der Waals surface area contributed by atoms with E-state index in [0.717, 1.165) is 37.3 Å². The molecular weight excluding hydrogens is 370 g/mol. The van der Waals surface area contributed by atoms with Gasteiger partial charge in [-0.05, 0) is 50.5 Å². The Balaban J connectivity index is 1.50. The van der Waals surface area contributed by atoms with Crippen molar-refractivity contribution in [2.75, 3.05) is 44.3 Å². The van der Waals surface area contributed by atoms with E-state index in [1.165, 1.54) is 0 Å². The van der Waals surface area contributed by atoms with Gasteiger partial charge in [-0.3, -0.25) is 9.78 Å². The van der Waals surface area contributed by atoms with E-state index < -0.39 is 5.63 Å². The molecule has 2 saturated heterocycles. The van der Waals surface area contributed by atoms with Crippen molar-refractivity contribution in [2.24, 2.45) is 0 Å². The lowest BCUT2D eigenvalue weighted by molar-refractivity contribution is 0.0761. The lowest BCUT2D eigenvalue weighted by Gasteiger charge is -2.24. The van der Waals surface area contributed by atoms with Crippen LogP contribution in [0, 0.1) is 13.8 Å². The van der Waals surface area contributed by atoms with Gasteiger partial charge < -0.3 is 19.0 Å². The Morgan fingerprint density at radius 2 is 2.03 bits per heavy atom.